The van der Waals surface area contributed by atoms with E-state index in [1.165, 1.54) is 0 Å². The molecule has 0 spiro atoms. The summed E-state index contributed by atoms with van der Waals surface area (Å²) in [6.07, 6.45) is 0.428. The molecule has 0 radical (unpaired) electrons. The summed E-state index contributed by atoms with van der Waals surface area (Å²) >= 11 is 0. The van der Waals surface area contributed by atoms with Crippen LogP contribution in [-0.4, -0.2) is 55.8 Å². The Morgan fingerprint density at radius 2 is 2.37 bits per heavy atom. The fourth-order valence-electron chi connectivity index (χ4n) is 1.82. The highest BCUT2D eigenvalue weighted by Crippen LogP contribution is 2.19. The highest BCUT2D eigenvalue weighted by Gasteiger charge is 2.26. The molecular formula is C11H16FN5O2. The van der Waals surface area contributed by atoms with Crippen molar-refractivity contribution in [3.05, 3.63) is 12.0 Å². The van der Waals surface area contributed by atoms with Crippen molar-refractivity contribution in [2.75, 3.05) is 43.6 Å². The van der Waals surface area contributed by atoms with Crippen LogP contribution in [0.5, 0.6) is 0 Å². The van der Waals surface area contributed by atoms with Crippen molar-refractivity contribution in [3.8, 4) is 0 Å². The minimum Gasteiger partial charge on any atom is -0.367 e. The van der Waals surface area contributed by atoms with E-state index in [0.29, 0.717) is 19.1 Å². The van der Waals surface area contributed by atoms with E-state index in [-0.39, 0.29) is 12.4 Å². The molecule has 2 heterocycles. The number of nitrogens with zero attached hydrogens (tertiary/aromatic N) is 4. The molecular weight excluding hydrogens is 253 g/mol. The topological polar surface area (TPSA) is 84.6 Å². The van der Waals surface area contributed by atoms with Crippen LogP contribution in [0.4, 0.5) is 16.2 Å². The highest BCUT2D eigenvalue weighted by molar-refractivity contribution is 5.79. The molecule has 0 saturated carbocycles. The molecule has 1 aromatic rings. The Kier molecular flexibility index (Phi) is 3.79. The number of amides is 1. The Morgan fingerprint density at radius 1 is 1.63 bits per heavy atom. The van der Waals surface area contributed by atoms with Gasteiger partial charge in [-0.15, -0.1) is 0 Å². The van der Waals surface area contributed by atoms with E-state index >= 15 is 0 Å². The van der Waals surface area contributed by atoms with Crippen molar-refractivity contribution in [3.63, 3.8) is 0 Å². The number of carbonyl (C=O) groups is 1. The van der Waals surface area contributed by atoms with Gasteiger partial charge in [0, 0.05) is 20.6 Å². The summed E-state index contributed by atoms with van der Waals surface area (Å²) in [7, 11) is 3.39. The van der Waals surface area contributed by atoms with Gasteiger partial charge < -0.3 is 20.3 Å². The summed E-state index contributed by atoms with van der Waals surface area (Å²) in [6.45, 7) is 1.15. The molecule has 19 heavy (non-hydrogen) atoms. The Bertz CT molecular complexity index is 482. The van der Waals surface area contributed by atoms with Crippen LogP contribution in [0.3, 0.4) is 0 Å². The molecule has 1 aromatic heterocycles. The quantitative estimate of drug-likeness (QED) is 0.786. The normalized spacial score (nSPS) is 19.3. The third-order valence-corrected chi connectivity index (χ3v) is 2.80. The second-order valence-corrected chi connectivity index (χ2v) is 4.44. The third-order valence-electron chi connectivity index (χ3n) is 2.80. The highest BCUT2D eigenvalue weighted by atomic mass is 19.1. The number of rotatable bonds is 3. The van der Waals surface area contributed by atoms with Crippen LogP contribution in [0.2, 0.25) is 0 Å². The average molecular weight is 269 g/mol. The number of aromatic nitrogens is 2. The minimum absolute atomic E-state index is 0.201. The maximum absolute atomic E-state index is 13.5. The van der Waals surface area contributed by atoms with Gasteiger partial charge in [-0.1, -0.05) is 0 Å². The molecule has 0 aliphatic carbocycles. The van der Waals surface area contributed by atoms with Crippen LogP contribution in [-0.2, 0) is 9.53 Å². The molecule has 1 amide bonds. The van der Waals surface area contributed by atoms with Gasteiger partial charge in [-0.3, -0.25) is 4.79 Å². The predicted molar refractivity (Wildman–Crippen MR) is 67.5 cm³/mol. The molecule has 0 aromatic carbocycles. The number of morpholine rings is 1. The first-order chi connectivity index (χ1) is 8.99. The maximum Gasteiger partial charge on any atom is 0.248 e. The number of hydrogen-bond acceptors (Lipinski definition) is 6. The Labute approximate surface area is 110 Å². The standard InChI is InChI=1S/C11H16FN5O2/c1-16(2)10-7(12)5-14-11(15-10)17-3-4-19-8(6-17)9(13)18/h5,8H,3-4,6H2,1-2H3,(H2,13,18)/t8-/m1/s1. The minimum atomic E-state index is -0.690. The Hall–Kier alpha value is -1.96. The van der Waals surface area contributed by atoms with E-state index in [9.17, 15) is 9.18 Å². The van der Waals surface area contributed by atoms with Gasteiger partial charge in [-0.2, -0.15) is 4.98 Å². The predicted octanol–water partition coefficient (Wildman–Crippen LogP) is -0.628. The number of halogens is 1. The Morgan fingerprint density at radius 3 is 3.00 bits per heavy atom. The molecule has 0 bridgehead atoms. The van der Waals surface area contributed by atoms with Gasteiger partial charge in [-0.25, -0.2) is 9.37 Å². The maximum atomic E-state index is 13.5. The molecule has 2 rings (SSSR count). The van der Waals surface area contributed by atoms with Gasteiger partial charge >= 0.3 is 0 Å². The van der Waals surface area contributed by atoms with E-state index in [1.54, 1.807) is 23.9 Å². The van der Waals surface area contributed by atoms with Crippen LogP contribution in [0.1, 0.15) is 0 Å². The summed E-state index contributed by atoms with van der Waals surface area (Å²) in [5, 5.41) is 0. The summed E-state index contributed by atoms with van der Waals surface area (Å²) in [6, 6.07) is 0. The van der Waals surface area contributed by atoms with E-state index < -0.39 is 17.8 Å². The van der Waals surface area contributed by atoms with Crippen LogP contribution >= 0.6 is 0 Å². The summed E-state index contributed by atoms with van der Waals surface area (Å²) in [4.78, 5) is 22.5. The smallest absolute Gasteiger partial charge is 0.248 e. The van der Waals surface area contributed by atoms with E-state index in [2.05, 4.69) is 9.97 Å². The van der Waals surface area contributed by atoms with Gasteiger partial charge in [0.25, 0.3) is 0 Å². The van der Waals surface area contributed by atoms with Gasteiger partial charge in [0.15, 0.2) is 17.7 Å². The van der Waals surface area contributed by atoms with Gasteiger partial charge in [0.05, 0.1) is 19.3 Å². The zero-order valence-electron chi connectivity index (χ0n) is 10.8. The zero-order chi connectivity index (χ0) is 14.0. The number of anilines is 2. The molecule has 1 atom stereocenters. The molecule has 2 N–H and O–H groups in total. The fourth-order valence-corrected chi connectivity index (χ4v) is 1.82. The largest absolute Gasteiger partial charge is 0.367 e. The van der Waals surface area contributed by atoms with Crippen molar-refractivity contribution in [2.45, 2.75) is 6.10 Å². The molecule has 8 heteroatoms. The van der Waals surface area contributed by atoms with Crippen molar-refractivity contribution < 1.29 is 13.9 Å². The lowest BCUT2D eigenvalue weighted by atomic mass is 10.2. The van der Waals surface area contributed by atoms with Crippen LogP contribution in [0.15, 0.2) is 6.20 Å². The molecule has 104 valence electrons. The summed E-state index contributed by atoms with van der Waals surface area (Å²) in [5.74, 6) is -0.458. The lowest BCUT2D eigenvalue weighted by Gasteiger charge is -2.31. The number of hydrogen-bond donors (Lipinski definition) is 1. The first-order valence-corrected chi connectivity index (χ1v) is 5.84. The Balaban J connectivity index is 2.22. The monoisotopic (exact) mass is 269 g/mol. The van der Waals surface area contributed by atoms with Crippen LogP contribution in [0, 0.1) is 5.82 Å². The second kappa shape index (κ2) is 5.35. The summed E-state index contributed by atoms with van der Waals surface area (Å²) in [5.41, 5.74) is 5.21. The molecule has 0 unspecified atom stereocenters. The van der Waals surface area contributed by atoms with Gasteiger partial charge in [-0.05, 0) is 0 Å². The van der Waals surface area contributed by atoms with Gasteiger partial charge in [0.1, 0.15) is 0 Å². The molecule has 1 saturated heterocycles. The van der Waals surface area contributed by atoms with Crippen molar-refractivity contribution >= 4 is 17.7 Å². The second-order valence-electron chi connectivity index (χ2n) is 4.44. The van der Waals surface area contributed by atoms with Crippen molar-refractivity contribution in [1.29, 1.82) is 0 Å². The molecule has 7 nitrogen and oxygen atoms in total. The number of carbonyl (C=O) groups excluding carboxylic acids is 1. The number of primary amides is 1. The first kappa shape index (κ1) is 13.5. The van der Waals surface area contributed by atoms with Crippen LogP contribution in [0.25, 0.3) is 0 Å². The zero-order valence-corrected chi connectivity index (χ0v) is 10.8. The first-order valence-electron chi connectivity index (χ1n) is 5.84. The van der Waals surface area contributed by atoms with E-state index in [1.807, 2.05) is 0 Å². The third kappa shape index (κ3) is 2.90. The average Bonchev–Trinajstić information content (AvgIpc) is 2.39. The molecule has 1 fully saturated rings. The molecule has 1 aliphatic rings. The fraction of sp³-hybridized carbons (Fsp3) is 0.545. The van der Waals surface area contributed by atoms with Crippen molar-refractivity contribution in [1.82, 2.24) is 9.97 Å². The lowest BCUT2D eigenvalue weighted by Crippen LogP contribution is -2.49. The summed E-state index contributed by atoms with van der Waals surface area (Å²) < 4.78 is 18.7. The van der Waals surface area contributed by atoms with Gasteiger partial charge in [0.2, 0.25) is 11.9 Å². The van der Waals surface area contributed by atoms with Crippen molar-refractivity contribution in [2.24, 2.45) is 5.73 Å². The van der Waals surface area contributed by atoms with E-state index in [0.717, 1.165) is 6.20 Å². The number of nitrogens with two attached hydrogens (primary N) is 1. The van der Waals surface area contributed by atoms with Crippen LogP contribution < -0.4 is 15.5 Å². The lowest BCUT2D eigenvalue weighted by molar-refractivity contribution is -0.130. The SMILES string of the molecule is CN(C)c1nc(N2CCO[C@@H](C(N)=O)C2)ncc1F. The molecule has 1 aliphatic heterocycles. The number of ether oxygens (including phenoxy) is 1. The van der Waals surface area contributed by atoms with E-state index in [4.69, 9.17) is 10.5 Å².